The highest BCUT2D eigenvalue weighted by molar-refractivity contribution is 5.83. The number of hydrogen-bond donors (Lipinski definition) is 1. The van der Waals surface area contributed by atoms with Crippen molar-refractivity contribution in [3.63, 3.8) is 0 Å². The number of carbonyl (C=O) groups excluding carboxylic acids is 2. The second kappa shape index (κ2) is 7.99. The number of benzene rings is 1. The van der Waals surface area contributed by atoms with E-state index in [-0.39, 0.29) is 29.2 Å². The number of nitrogens with one attached hydrogen (secondary N) is 1. The Morgan fingerprint density at radius 2 is 1.74 bits per heavy atom. The SMILES string of the molecule is CC(C)(C)C(=O)N1CCC(C(=O)NC(c2ccccc2)c2ccco2)CC1. The van der Waals surface area contributed by atoms with Crippen LogP contribution in [0.4, 0.5) is 0 Å². The van der Waals surface area contributed by atoms with E-state index in [0.717, 1.165) is 11.3 Å². The van der Waals surface area contributed by atoms with Crippen LogP contribution in [0.25, 0.3) is 0 Å². The average Bonchev–Trinajstić information content (AvgIpc) is 3.20. The average molecular weight is 368 g/mol. The Kier molecular flexibility index (Phi) is 5.68. The summed E-state index contributed by atoms with van der Waals surface area (Å²) in [7, 11) is 0. The molecule has 0 spiro atoms. The predicted octanol–water partition coefficient (Wildman–Crippen LogP) is 3.77. The van der Waals surface area contributed by atoms with Gasteiger partial charge in [0.25, 0.3) is 0 Å². The normalized spacial score (nSPS) is 16.8. The van der Waals surface area contributed by atoms with Crippen LogP contribution >= 0.6 is 0 Å². The molecule has 0 radical (unpaired) electrons. The van der Waals surface area contributed by atoms with Gasteiger partial charge in [-0.2, -0.15) is 0 Å². The van der Waals surface area contributed by atoms with E-state index in [1.54, 1.807) is 6.26 Å². The number of hydrogen-bond acceptors (Lipinski definition) is 3. The largest absolute Gasteiger partial charge is 0.467 e. The minimum absolute atomic E-state index is 0.0168. The third-order valence-corrected chi connectivity index (χ3v) is 5.04. The van der Waals surface area contributed by atoms with Crippen LogP contribution in [0.5, 0.6) is 0 Å². The van der Waals surface area contributed by atoms with Gasteiger partial charge in [0.15, 0.2) is 0 Å². The summed E-state index contributed by atoms with van der Waals surface area (Å²) in [5.41, 5.74) is 0.605. The fraction of sp³-hybridized carbons (Fsp3) is 0.455. The Morgan fingerprint density at radius 3 is 2.30 bits per heavy atom. The molecule has 1 aliphatic rings. The van der Waals surface area contributed by atoms with Gasteiger partial charge in [-0.05, 0) is 30.5 Å². The van der Waals surface area contributed by atoms with Crippen molar-refractivity contribution in [1.29, 1.82) is 0 Å². The second-order valence-electron chi connectivity index (χ2n) is 8.18. The van der Waals surface area contributed by atoms with Crippen LogP contribution in [0.15, 0.2) is 53.1 Å². The van der Waals surface area contributed by atoms with Gasteiger partial charge in [-0.1, -0.05) is 51.1 Å². The summed E-state index contributed by atoms with van der Waals surface area (Å²) in [4.78, 5) is 27.2. The summed E-state index contributed by atoms with van der Waals surface area (Å²) >= 11 is 0. The summed E-state index contributed by atoms with van der Waals surface area (Å²) in [5.74, 6) is 0.798. The van der Waals surface area contributed by atoms with Crippen molar-refractivity contribution in [2.45, 2.75) is 39.7 Å². The first-order chi connectivity index (χ1) is 12.9. The molecule has 0 saturated carbocycles. The molecule has 3 rings (SSSR count). The molecule has 1 aromatic heterocycles. The van der Waals surface area contributed by atoms with Gasteiger partial charge in [-0.25, -0.2) is 0 Å². The topological polar surface area (TPSA) is 62.6 Å². The summed E-state index contributed by atoms with van der Waals surface area (Å²) in [5, 5.41) is 3.14. The molecule has 1 fully saturated rings. The number of furan rings is 1. The molecule has 0 aliphatic carbocycles. The highest BCUT2D eigenvalue weighted by Gasteiger charge is 2.33. The Morgan fingerprint density at radius 1 is 1.07 bits per heavy atom. The van der Waals surface area contributed by atoms with Crippen molar-refractivity contribution < 1.29 is 14.0 Å². The zero-order chi connectivity index (χ0) is 19.4. The van der Waals surface area contributed by atoms with E-state index < -0.39 is 0 Å². The Bertz CT molecular complexity index is 755. The maximum Gasteiger partial charge on any atom is 0.227 e. The molecule has 2 aromatic rings. The van der Waals surface area contributed by atoms with Gasteiger partial charge in [0.2, 0.25) is 11.8 Å². The molecule has 0 bridgehead atoms. The summed E-state index contributed by atoms with van der Waals surface area (Å²) in [6.45, 7) is 7.06. The van der Waals surface area contributed by atoms with Crippen LogP contribution < -0.4 is 5.32 Å². The lowest BCUT2D eigenvalue weighted by atomic mass is 9.90. The van der Waals surface area contributed by atoms with Crippen molar-refractivity contribution >= 4 is 11.8 Å². The highest BCUT2D eigenvalue weighted by atomic mass is 16.3. The molecule has 5 nitrogen and oxygen atoms in total. The lowest BCUT2D eigenvalue weighted by Crippen LogP contribution is -2.47. The third-order valence-electron chi connectivity index (χ3n) is 5.04. The zero-order valence-corrected chi connectivity index (χ0v) is 16.3. The van der Waals surface area contributed by atoms with Crippen molar-refractivity contribution in [3.05, 3.63) is 60.1 Å². The Hall–Kier alpha value is -2.56. The molecule has 1 atom stereocenters. The molecule has 1 aromatic carbocycles. The van der Waals surface area contributed by atoms with Gasteiger partial charge in [-0.15, -0.1) is 0 Å². The standard InChI is InChI=1S/C22H28N2O3/c1-22(2,3)21(26)24-13-11-17(12-14-24)20(25)23-19(18-10-7-15-27-18)16-8-5-4-6-9-16/h4-10,15,17,19H,11-14H2,1-3H3,(H,23,25). The fourth-order valence-corrected chi connectivity index (χ4v) is 3.50. The number of likely N-dealkylation sites (tertiary alicyclic amines) is 1. The number of carbonyl (C=O) groups is 2. The lowest BCUT2D eigenvalue weighted by molar-refractivity contribution is -0.142. The summed E-state index contributed by atoms with van der Waals surface area (Å²) < 4.78 is 5.56. The molecule has 2 heterocycles. The van der Waals surface area contributed by atoms with Crippen molar-refractivity contribution in [3.8, 4) is 0 Å². The van der Waals surface area contributed by atoms with Crippen LogP contribution in [0, 0.1) is 11.3 Å². The molecule has 2 amide bonds. The van der Waals surface area contributed by atoms with Crippen LogP contribution in [0.3, 0.4) is 0 Å². The third kappa shape index (κ3) is 4.59. The first-order valence-electron chi connectivity index (χ1n) is 9.54. The minimum Gasteiger partial charge on any atom is -0.467 e. The smallest absolute Gasteiger partial charge is 0.227 e. The molecule has 5 heteroatoms. The van der Waals surface area contributed by atoms with Crippen LogP contribution in [-0.4, -0.2) is 29.8 Å². The molecule has 1 aliphatic heterocycles. The van der Waals surface area contributed by atoms with E-state index in [0.29, 0.717) is 25.9 Å². The number of piperidine rings is 1. The lowest BCUT2D eigenvalue weighted by Gasteiger charge is -2.35. The van der Waals surface area contributed by atoms with E-state index in [4.69, 9.17) is 4.42 Å². The number of rotatable bonds is 4. The van der Waals surface area contributed by atoms with Crippen LogP contribution in [0.1, 0.15) is 51.0 Å². The monoisotopic (exact) mass is 368 g/mol. The van der Waals surface area contributed by atoms with E-state index in [2.05, 4.69) is 5.32 Å². The van der Waals surface area contributed by atoms with Crippen molar-refractivity contribution in [2.24, 2.45) is 11.3 Å². The second-order valence-corrected chi connectivity index (χ2v) is 8.18. The Labute approximate surface area is 160 Å². The molecule has 1 saturated heterocycles. The molecule has 1 unspecified atom stereocenters. The van der Waals surface area contributed by atoms with E-state index >= 15 is 0 Å². The minimum atomic E-state index is -0.382. The van der Waals surface area contributed by atoms with E-state index in [9.17, 15) is 9.59 Å². The molecule has 1 N–H and O–H groups in total. The maximum absolute atomic E-state index is 12.9. The maximum atomic E-state index is 12.9. The van der Waals surface area contributed by atoms with Gasteiger partial charge < -0.3 is 14.6 Å². The summed E-state index contributed by atoms with van der Waals surface area (Å²) in [6, 6.07) is 13.2. The molecular formula is C22H28N2O3. The molecular weight excluding hydrogens is 340 g/mol. The van der Waals surface area contributed by atoms with Crippen LogP contribution in [0.2, 0.25) is 0 Å². The van der Waals surface area contributed by atoms with Crippen LogP contribution in [-0.2, 0) is 9.59 Å². The quantitative estimate of drug-likeness (QED) is 0.893. The van der Waals surface area contributed by atoms with Crippen molar-refractivity contribution in [1.82, 2.24) is 10.2 Å². The van der Waals surface area contributed by atoms with Gasteiger partial charge in [-0.3, -0.25) is 9.59 Å². The predicted molar refractivity (Wildman–Crippen MR) is 104 cm³/mol. The molecule has 144 valence electrons. The highest BCUT2D eigenvalue weighted by Crippen LogP contribution is 2.26. The number of nitrogens with zero attached hydrogens (tertiary/aromatic N) is 1. The van der Waals surface area contributed by atoms with Gasteiger partial charge >= 0.3 is 0 Å². The summed E-state index contributed by atoms with van der Waals surface area (Å²) in [6.07, 6.45) is 2.99. The van der Waals surface area contributed by atoms with Crippen molar-refractivity contribution in [2.75, 3.05) is 13.1 Å². The van der Waals surface area contributed by atoms with E-state index in [1.807, 2.05) is 68.1 Å². The van der Waals surface area contributed by atoms with Gasteiger partial charge in [0, 0.05) is 24.4 Å². The van der Waals surface area contributed by atoms with Gasteiger partial charge in [0.1, 0.15) is 11.8 Å². The zero-order valence-electron chi connectivity index (χ0n) is 16.3. The fourth-order valence-electron chi connectivity index (χ4n) is 3.50. The van der Waals surface area contributed by atoms with E-state index in [1.165, 1.54) is 0 Å². The number of amides is 2. The van der Waals surface area contributed by atoms with Gasteiger partial charge in [0.05, 0.1) is 6.26 Å². The first kappa shape index (κ1) is 19.2. The molecule has 27 heavy (non-hydrogen) atoms. The first-order valence-corrected chi connectivity index (χ1v) is 9.54. The Balaban J connectivity index is 1.65.